The summed E-state index contributed by atoms with van der Waals surface area (Å²) in [6, 6.07) is 13.5. The summed E-state index contributed by atoms with van der Waals surface area (Å²) in [6.45, 7) is 3.26. The van der Waals surface area contributed by atoms with Gasteiger partial charge in [-0.15, -0.1) is 0 Å². The highest BCUT2D eigenvalue weighted by Gasteiger charge is 2.94. The van der Waals surface area contributed by atoms with Crippen LogP contribution >= 0.6 is 0 Å². The third-order valence-electron chi connectivity index (χ3n) is 14.1. The molecule has 0 radical (unpaired) electrons. The average molecular weight is 1420 g/mol. The highest BCUT2D eigenvalue weighted by atomic mass is 19.4. The maximum absolute atomic E-state index is 14.1. The molecule has 0 aliphatic rings. The fourth-order valence-corrected chi connectivity index (χ4v) is 8.23. The molecule has 0 unspecified atom stereocenters. The quantitative estimate of drug-likeness (QED) is 0.0242. The Balaban J connectivity index is 1.49. The fourth-order valence-electron chi connectivity index (χ4n) is 8.23. The number of hydrogen-bond donors (Lipinski definition) is 0. The van der Waals surface area contributed by atoms with E-state index in [1.54, 1.807) is 13.8 Å². The average Bonchev–Trinajstić information content (AvgIpc) is 0.711. The van der Waals surface area contributed by atoms with E-state index in [-0.39, 0.29) is 104 Å². The molecular formula is C56H54F30O8. The zero-order chi connectivity index (χ0) is 72.4. The van der Waals surface area contributed by atoms with Crippen molar-refractivity contribution in [2.24, 2.45) is 5.92 Å². The van der Waals surface area contributed by atoms with Crippen molar-refractivity contribution in [3.8, 4) is 28.7 Å². The largest absolute Gasteiger partial charge is 0.494 e. The number of carbonyl (C=O) groups excluding carboxylic acids is 3. The summed E-state index contributed by atoms with van der Waals surface area (Å²) < 4.78 is 431. The van der Waals surface area contributed by atoms with Crippen LogP contribution in [0.1, 0.15) is 137 Å². The van der Waals surface area contributed by atoms with Gasteiger partial charge in [-0.3, -0.25) is 4.79 Å². The maximum Gasteiger partial charge on any atom is 0.460 e. The van der Waals surface area contributed by atoms with Crippen molar-refractivity contribution < 1.29 is 170 Å². The van der Waals surface area contributed by atoms with E-state index in [9.17, 15) is 146 Å². The predicted octanol–water partition coefficient (Wildman–Crippen LogP) is 20.4. The van der Waals surface area contributed by atoms with Gasteiger partial charge in [0.2, 0.25) is 0 Å². The van der Waals surface area contributed by atoms with Crippen molar-refractivity contribution in [2.45, 2.75) is 200 Å². The number of hydrogen-bond acceptors (Lipinski definition) is 8. The van der Waals surface area contributed by atoms with E-state index in [1.165, 1.54) is 48.5 Å². The molecule has 3 aromatic rings. The van der Waals surface area contributed by atoms with Gasteiger partial charge in [0, 0.05) is 18.9 Å². The van der Waals surface area contributed by atoms with Crippen molar-refractivity contribution in [2.75, 3.05) is 13.2 Å². The Kier molecular flexibility index (Phi) is 26.4. The van der Waals surface area contributed by atoms with Crippen LogP contribution in [0.3, 0.4) is 0 Å². The number of benzene rings is 3. The first-order chi connectivity index (χ1) is 42.7. The molecule has 94 heavy (non-hydrogen) atoms. The molecule has 0 saturated heterocycles. The SMILES string of the molecule is CCC(CC)C(=O)Oc1cc(OC(=O)c2ccc(OCCCCCCCCC(F)(F)C(F)(F)C(F)(F)C(F)(F)C(F)(F)C(F)(F)C(F)(F)F)cc2)ccc1OC(=O)c1ccc(OCCCCCCCCC(F)(F)C(F)(F)C(F)(F)C(F)(F)C(F)(F)C(F)(F)C(F)(F)F)cc1. The molecule has 38 heteroatoms. The van der Waals surface area contributed by atoms with Gasteiger partial charge in [-0.2, -0.15) is 132 Å². The van der Waals surface area contributed by atoms with Crippen LogP contribution in [0.5, 0.6) is 28.7 Å². The first kappa shape index (κ1) is 81.8. The Morgan fingerprint density at radius 1 is 0.319 bits per heavy atom. The van der Waals surface area contributed by atoms with E-state index in [0.717, 1.165) is 18.2 Å². The fraction of sp³-hybridized carbons (Fsp3) is 0.625. The number of carbonyl (C=O) groups is 3. The lowest BCUT2D eigenvalue weighted by atomic mass is 9.89. The third-order valence-corrected chi connectivity index (χ3v) is 14.1. The molecule has 0 spiro atoms. The molecular weight excluding hydrogens is 1370 g/mol. The number of alkyl halides is 30. The van der Waals surface area contributed by atoms with Crippen molar-refractivity contribution in [1.82, 2.24) is 0 Å². The van der Waals surface area contributed by atoms with E-state index < -0.39 is 146 Å². The lowest BCUT2D eigenvalue weighted by Crippen LogP contribution is -2.72. The predicted molar refractivity (Wildman–Crippen MR) is 266 cm³/mol. The molecule has 8 nitrogen and oxygen atoms in total. The Morgan fingerprint density at radius 3 is 0.936 bits per heavy atom. The van der Waals surface area contributed by atoms with Crippen molar-refractivity contribution in [1.29, 1.82) is 0 Å². The van der Waals surface area contributed by atoms with Gasteiger partial charge in [0.25, 0.3) is 0 Å². The topological polar surface area (TPSA) is 97.4 Å². The molecule has 0 aliphatic carbocycles. The summed E-state index contributed by atoms with van der Waals surface area (Å²) in [5.41, 5.74) is -0.176. The molecule has 0 aliphatic heterocycles. The first-order valence-electron chi connectivity index (χ1n) is 27.6. The number of esters is 3. The molecule has 0 amide bonds. The van der Waals surface area contributed by atoms with E-state index in [4.69, 9.17) is 23.7 Å². The van der Waals surface area contributed by atoms with Gasteiger partial charge in [-0.1, -0.05) is 65.2 Å². The van der Waals surface area contributed by atoms with Gasteiger partial charge in [0.15, 0.2) is 11.5 Å². The van der Waals surface area contributed by atoms with Crippen LogP contribution in [0.25, 0.3) is 0 Å². The number of halogens is 30. The minimum Gasteiger partial charge on any atom is -0.494 e. The standard InChI is InChI=1S/C56H54F30O8/c1-3-32(4-2)40(87)94-39-31-37(92-41(88)33-17-21-35(22-18-33)90-29-15-11-7-5-9-13-27-43(57,58)45(61,62)47(65,66)49(69,70)51(73,74)53(77,78)55(81,82)83)25-26-38(39)93-42(89)34-19-23-36(24-20-34)91-30-16-12-8-6-10-14-28-44(59,60)46(63,64)48(67,68)50(71,72)52(75,76)54(79,80)56(84,85)86/h17-26,31-32H,3-16,27-30H2,1-2H3. The monoisotopic (exact) mass is 1420 g/mol. The van der Waals surface area contributed by atoms with Crippen LogP contribution in [0.2, 0.25) is 0 Å². The van der Waals surface area contributed by atoms with E-state index >= 15 is 0 Å². The van der Waals surface area contributed by atoms with Gasteiger partial charge in [-0.05, 0) is 99.2 Å². The Morgan fingerprint density at radius 2 is 0.606 bits per heavy atom. The van der Waals surface area contributed by atoms with Crippen LogP contribution in [0, 0.1) is 5.92 Å². The Labute approximate surface area is 512 Å². The summed E-state index contributed by atoms with van der Waals surface area (Å²) in [4.78, 5) is 39.4. The van der Waals surface area contributed by atoms with Gasteiger partial charge in [0.1, 0.15) is 17.2 Å². The smallest absolute Gasteiger partial charge is 0.460 e. The van der Waals surface area contributed by atoms with E-state index in [0.29, 0.717) is 12.8 Å². The van der Waals surface area contributed by atoms with Crippen LogP contribution in [0.15, 0.2) is 66.7 Å². The summed E-state index contributed by atoms with van der Waals surface area (Å²) in [5.74, 6) is -97.5. The van der Waals surface area contributed by atoms with Crippen molar-refractivity contribution >= 4 is 17.9 Å². The number of unbranched alkanes of at least 4 members (excludes halogenated alkanes) is 10. The summed E-state index contributed by atoms with van der Waals surface area (Å²) in [5, 5.41) is 0. The van der Waals surface area contributed by atoms with Gasteiger partial charge in [-0.25, -0.2) is 9.59 Å². The second-order valence-electron chi connectivity index (χ2n) is 21.0. The minimum atomic E-state index is -8.35. The molecule has 536 valence electrons. The second-order valence-corrected chi connectivity index (χ2v) is 21.0. The zero-order valence-corrected chi connectivity index (χ0v) is 48.3. The minimum absolute atomic E-state index is 0.0473. The molecule has 0 heterocycles. The van der Waals surface area contributed by atoms with Gasteiger partial charge in [0.05, 0.1) is 30.3 Å². The molecule has 0 saturated carbocycles. The highest BCUT2D eigenvalue weighted by molar-refractivity contribution is 5.92. The lowest BCUT2D eigenvalue weighted by molar-refractivity contribution is -0.452. The molecule has 3 rings (SSSR count). The Bertz CT molecular complexity index is 2940. The van der Waals surface area contributed by atoms with Crippen LogP contribution in [-0.2, 0) is 4.79 Å². The molecule has 0 atom stereocenters. The number of rotatable bonds is 38. The van der Waals surface area contributed by atoms with E-state index in [1.807, 2.05) is 0 Å². The van der Waals surface area contributed by atoms with Gasteiger partial charge >= 0.3 is 101 Å². The van der Waals surface area contributed by atoms with Crippen molar-refractivity contribution in [3.05, 3.63) is 77.9 Å². The molecule has 0 aromatic heterocycles. The maximum atomic E-state index is 14.1. The third kappa shape index (κ3) is 17.2. The van der Waals surface area contributed by atoms with Gasteiger partial charge < -0.3 is 23.7 Å². The molecule has 0 N–H and O–H groups in total. The van der Waals surface area contributed by atoms with E-state index in [2.05, 4.69) is 0 Å². The summed E-state index contributed by atoms with van der Waals surface area (Å²) in [6.07, 6.45) is -22.1. The lowest BCUT2D eigenvalue weighted by Gasteiger charge is -2.41. The highest BCUT2D eigenvalue weighted by Crippen LogP contribution is 2.65. The summed E-state index contributed by atoms with van der Waals surface area (Å²) >= 11 is 0. The summed E-state index contributed by atoms with van der Waals surface area (Å²) in [7, 11) is 0. The van der Waals surface area contributed by atoms with Crippen LogP contribution in [-0.4, -0.2) is 115 Å². The first-order valence-corrected chi connectivity index (χ1v) is 27.6. The van der Waals surface area contributed by atoms with Crippen molar-refractivity contribution in [3.63, 3.8) is 0 Å². The zero-order valence-electron chi connectivity index (χ0n) is 48.3. The van der Waals surface area contributed by atoms with Crippen LogP contribution in [0.4, 0.5) is 132 Å². The molecule has 3 aromatic carbocycles. The molecule has 0 fully saturated rings. The second kappa shape index (κ2) is 30.3. The Hall–Kier alpha value is -6.43. The molecule has 0 bridgehead atoms. The normalized spacial score (nSPS) is 14.1. The van der Waals surface area contributed by atoms with Crippen LogP contribution < -0.4 is 23.7 Å². The number of ether oxygens (including phenoxy) is 5.